The summed E-state index contributed by atoms with van der Waals surface area (Å²) in [6, 6.07) is 24.9. The molecule has 0 heterocycles. The summed E-state index contributed by atoms with van der Waals surface area (Å²) in [5, 5.41) is 6.86. The minimum atomic E-state index is -4.19. The van der Waals surface area contributed by atoms with Gasteiger partial charge < -0.3 is 10.6 Å². The van der Waals surface area contributed by atoms with Crippen LogP contribution in [0.2, 0.25) is 15.1 Å². The van der Waals surface area contributed by atoms with E-state index < -0.39 is 27.7 Å². The smallest absolute Gasteiger partial charge is 0.266 e. The third-order valence-corrected chi connectivity index (χ3v) is 8.63. The van der Waals surface area contributed by atoms with Gasteiger partial charge in [0.2, 0.25) is 5.91 Å². The van der Waals surface area contributed by atoms with E-state index in [1.165, 1.54) is 0 Å². The van der Waals surface area contributed by atoms with Gasteiger partial charge in [-0.1, -0.05) is 110 Å². The number of anilines is 1. The van der Waals surface area contributed by atoms with Crippen LogP contribution in [0.25, 0.3) is 17.2 Å². The van der Waals surface area contributed by atoms with Gasteiger partial charge in [-0.15, -0.1) is 0 Å². The molecule has 0 aliphatic rings. The Morgan fingerprint density at radius 2 is 1.55 bits per heavy atom. The molecule has 0 saturated heterocycles. The maximum atomic E-state index is 14.0. The third kappa shape index (κ3) is 11.2. The summed E-state index contributed by atoms with van der Waals surface area (Å²) < 4.78 is 30.8. The predicted octanol–water partition coefficient (Wildman–Crippen LogP) is 8.96. The van der Waals surface area contributed by atoms with Crippen LogP contribution in [0.1, 0.15) is 53.7 Å². The van der Waals surface area contributed by atoms with Crippen LogP contribution in [0.4, 0.5) is 5.69 Å². The first kappa shape index (κ1) is 36.2. The maximum Gasteiger partial charge on any atom is 0.266 e. The number of allylic oxidation sites excluding steroid dienone is 1. The highest BCUT2D eigenvalue weighted by atomic mass is 35.5. The number of halogens is 3. The highest BCUT2D eigenvalue weighted by Gasteiger charge is 2.23. The van der Waals surface area contributed by atoms with Crippen molar-refractivity contribution < 1.29 is 22.6 Å². The molecule has 0 aromatic heterocycles. The number of carbonyl (C=O) groups excluding carboxylic acids is 2. The van der Waals surface area contributed by atoms with Crippen molar-refractivity contribution in [3.05, 3.63) is 128 Å². The fourth-order valence-corrected chi connectivity index (χ4v) is 5.85. The Bertz CT molecular complexity index is 1890. The number of nitrogens with one attached hydrogen (secondary N) is 2. The Morgan fingerprint density at radius 3 is 2.17 bits per heavy atom. The average Bonchev–Trinajstić information content (AvgIpc) is 2.98. The predicted molar refractivity (Wildman–Crippen MR) is 192 cm³/mol. The number of hydrogen-bond donors (Lipinski definition) is 3. The lowest BCUT2D eigenvalue weighted by Crippen LogP contribution is -2.28. The van der Waals surface area contributed by atoms with E-state index in [4.69, 9.17) is 39.4 Å². The Labute approximate surface area is 290 Å². The largest absolute Gasteiger partial charge is 0.351 e. The fourth-order valence-electron chi connectivity index (χ4n) is 4.74. The fraction of sp³-hybridized carbons (Fsp3) is 0.222. The standard InChI is InChI=1S/C36H35Cl3N2O5S/c1-36(2,3)15-14-23-4-8-25(9-5-23)32(18-24-6-10-26(11-7-24)34(42)40-16-17-47(44,45)46)35(43)41-30-20-27(19-29(38)21-30)31-13-12-28(37)22-33(31)39/h4-15,19-22,32H,16-18H2,1-3H3,(H,40,42)(H,41,43)(H,44,45,46)/b15-14+. The second kappa shape index (κ2) is 15.5. The zero-order valence-electron chi connectivity index (χ0n) is 26.1. The normalized spacial score (nSPS) is 12.6. The van der Waals surface area contributed by atoms with Crippen LogP contribution < -0.4 is 10.6 Å². The maximum absolute atomic E-state index is 14.0. The van der Waals surface area contributed by atoms with Gasteiger partial charge in [0.1, 0.15) is 0 Å². The van der Waals surface area contributed by atoms with Crippen molar-refractivity contribution in [1.82, 2.24) is 5.32 Å². The molecule has 11 heteroatoms. The summed E-state index contributed by atoms with van der Waals surface area (Å²) in [4.78, 5) is 26.4. The van der Waals surface area contributed by atoms with Crippen LogP contribution in [0.15, 0.2) is 91.0 Å². The molecule has 4 aromatic carbocycles. The Kier molecular flexibility index (Phi) is 11.9. The molecule has 1 atom stereocenters. The van der Waals surface area contributed by atoms with Crippen molar-refractivity contribution in [1.29, 1.82) is 0 Å². The molecule has 0 bridgehead atoms. The van der Waals surface area contributed by atoms with E-state index in [2.05, 4.69) is 37.5 Å². The summed E-state index contributed by atoms with van der Waals surface area (Å²) >= 11 is 19.0. The van der Waals surface area contributed by atoms with E-state index in [0.29, 0.717) is 43.9 Å². The molecule has 4 aromatic rings. The molecule has 0 aliphatic heterocycles. The summed E-state index contributed by atoms with van der Waals surface area (Å²) in [7, 11) is -4.19. The van der Waals surface area contributed by atoms with E-state index >= 15 is 0 Å². The number of benzene rings is 4. The van der Waals surface area contributed by atoms with Gasteiger partial charge in [0.15, 0.2) is 0 Å². The van der Waals surface area contributed by atoms with Crippen LogP contribution in [0, 0.1) is 5.41 Å². The highest BCUT2D eigenvalue weighted by molar-refractivity contribution is 7.85. The van der Waals surface area contributed by atoms with E-state index in [-0.39, 0.29) is 17.9 Å². The zero-order chi connectivity index (χ0) is 34.4. The van der Waals surface area contributed by atoms with Gasteiger partial charge in [-0.05, 0) is 76.6 Å². The summed E-state index contributed by atoms with van der Waals surface area (Å²) in [5.41, 5.74) is 4.86. The molecule has 0 fully saturated rings. The Morgan fingerprint density at radius 1 is 0.872 bits per heavy atom. The molecule has 0 aliphatic carbocycles. The van der Waals surface area contributed by atoms with Crippen molar-refractivity contribution >= 4 is 68.5 Å². The highest BCUT2D eigenvalue weighted by Crippen LogP contribution is 2.34. The number of hydrogen-bond acceptors (Lipinski definition) is 4. The van der Waals surface area contributed by atoms with Crippen LogP contribution in [0.3, 0.4) is 0 Å². The molecule has 4 rings (SSSR count). The number of rotatable bonds is 11. The first-order valence-corrected chi connectivity index (χ1v) is 17.5. The van der Waals surface area contributed by atoms with Gasteiger partial charge >= 0.3 is 0 Å². The van der Waals surface area contributed by atoms with E-state index in [1.54, 1.807) is 60.7 Å². The topological polar surface area (TPSA) is 113 Å². The quantitative estimate of drug-likeness (QED) is 0.134. The van der Waals surface area contributed by atoms with Crippen molar-refractivity contribution in [3.8, 4) is 11.1 Å². The lowest BCUT2D eigenvalue weighted by Gasteiger charge is -2.19. The van der Waals surface area contributed by atoms with Crippen LogP contribution in [0.5, 0.6) is 0 Å². The molecular formula is C36H35Cl3N2O5S. The van der Waals surface area contributed by atoms with Gasteiger partial charge in [0.25, 0.3) is 16.0 Å². The molecule has 3 N–H and O–H groups in total. The molecule has 7 nitrogen and oxygen atoms in total. The van der Waals surface area contributed by atoms with Crippen LogP contribution in [-0.2, 0) is 21.3 Å². The summed E-state index contributed by atoms with van der Waals surface area (Å²) in [6.07, 6.45) is 4.49. The van der Waals surface area contributed by atoms with E-state index in [1.807, 2.05) is 30.3 Å². The molecule has 47 heavy (non-hydrogen) atoms. The molecule has 0 radical (unpaired) electrons. The van der Waals surface area contributed by atoms with Gasteiger partial charge in [-0.2, -0.15) is 8.42 Å². The SMILES string of the molecule is CC(C)(C)/C=C/c1ccc(C(Cc2ccc(C(=O)NCCS(=O)(=O)O)cc2)C(=O)Nc2cc(Cl)cc(-c3ccc(Cl)cc3Cl)c2)cc1. The summed E-state index contributed by atoms with van der Waals surface area (Å²) in [6.45, 7) is 6.14. The minimum absolute atomic E-state index is 0.0206. The lowest BCUT2D eigenvalue weighted by atomic mass is 9.89. The van der Waals surface area contributed by atoms with Crippen LogP contribution in [-0.4, -0.2) is 37.1 Å². The average molecular weight is 714 g/mol. The zero-order valence-corrected chi connectivity index (χ0v) is 29.1. The second-order valence-corrected chi connectivity index (χ2v) is 15.1. The minimum Gasteiger partial charge on any atom is -0.351 e. The second-order valence-electron chi connectivity index (χ2n) is 12.2. The van der Waals surface area contributed by atoms with E-state index in [0.717, 1.165) is 16.7 Å². The molecule has 0 saturated carbocycles. The summed E-state index contributed by atoms with van der Waals surface area (Å²) in [5.74, 6) is -1.93. The molecular weight excluding hydrogens is 679 g/mol. The first-order chi connectivity index (χ1) is 22.1. The Hall–Kier alpha value is -3.66. The molecule has 2 amide bonds. The van der Waals surface area contributed by atoms with Crippen molar-refractivity contribution in [3.63, 3.8) is 0 Å². The number of amides is 2. The van der Waals surface area contributed by atoms with Crippen molar-refractivity contribution in [2.45, 2.75) is 33.1 Å². The van der Waals surface area contributed by atoms with Crippen molar-refractivity contribution in [2.24, 2.45) is 5.41 Å². The Balaban J connectivity index is 1.60. The van der Waals surface area contributed by atoms with Gasteiger partial charge in [0.05, 0.1) is 11.7 Å². The third-order valence-electron chi connectivity index (χ3n) is 7.14. The molecule has 1 unspecified atom stereocenters. The van der Waals surface area contributed by atoms with Gasteiger partial charge in [-0.3, -0.25) is 14.1 Å². The monoisotopic (exact) mass is 712 g/mol. The van der Waals surface area contributed by atoms with Crippen LogP contribution >= 0.6 is 34.8 Å². The molecule has 246 valence electrons. The van der Waals surface area contributed by atoms with Gasteiger partial charge in [0, 0.05) is 38.4 Å². The molecule has 0 spiro atoms. The van der Waals surface area contributed by atoms with Crippen molar-refractivity contribution in [2.75, 3.05) is 17.6 Å². The number of carbonyl (C=O) groups is 2. The lowest BCUT2D eigenvalue weighted by molar-refractivity contribution is -0.117. The van der Waals surface area contributed by atoms with Gasteiger partial charge in [-0.25, -0.2) is 0 Å². The first-order valence-electron chi connectivity index (χ1n) is 14.7. The van der Waals surface area contributed by atoms with E-state index in [9.17, 15) is 18.0 Å².